The summed E-state index contributed by atoms with van der Waals surface area (Å²) < 4.78 is 16.2. The number of amides is 2. The lowest BCUT2D eigenvalue weighted by atomic mass is 10.2. The van der Waals surface area contributed by atoms with Crippen molar-refractivity contribution in [3.63, 3.8) is 0 Å². The van der Waals surface area contributed by atoms with E-state index in [4.69, 9.17) is 14.2 Å². The lowest BCUT2D eigenvalue weighted by molar-refractivity contribution is -0.130. The molecule has 0 spiro atoms. The minimum Gasteiger partial charge on any atom is -0.454 e. The lowest BCUT2D eigenvalue weighted by Gasteiger charge is -2.34. The van der Waals surface area contributed by atoms with Crippen LogP contribution in [0.15, 0.2) is 65.4 Å². The zero-order valence-electron chi connectivity index (χ0n) is 16.6. The maximum Gasteiger partial charge on any atom is 0.365 e. The highest BCUT2D eigenvalue weighted by Crippen LogP contribution is 2.37. The Bertz CT molecular complexity index is 1070. The van der Waals surface area contributed by atoms with Gasteiger partial charge in [0, 0.05) is 38.1 Å². The van der Waals surface area contributed by atoms with Gasteiger partial charge < -0.3 is 29.3 Å². The van der Waals surface area contributed by atoms with Crippen molar-refractivity contribution in [1.82, 2.24) is 9.80 Å². The number of aliphatic imine (C=N–C) groups is 1. The van der Waals surface area contributed by atoms with E-state index in [1.54, 1.807) is 29.3 Å². The summed E-state index contributed by atoms with van der Waals surface area (Å²) in [5.74, 6) is 0.794. The van der Waals surface area contributed by atoms with E-state index >= 15 is 0 Å². The number of esters is 1. The van der Waals surface area contributed by atoms with Crippen molar-refractivity contribution in [3.8, 4) is 11.5 Å². The van der Waals surface area contributed by atoms with Crippen molar-refractivity contribution in [3.05, 3.63) is 66.0 Å². The molecule has 3 aliphatic rings. The van der Waals surface area contributed by atoms with Crippen molar-refractivity contribution in [2.45, 2.75) is 0 Å². The lowest BCUT2D eigenvalue weighted by Crippen LogP contribution is -2.48. The number of carbonyl (C=O) groups is 2. The van der Waals surface area contributed by atoms with Crippen molar-refractivity contribution in [2.24, 2.45) is 4.99 Å². The number of hydrogen-bond donors (Lipinski definition) is 1. The summed E-state index contributed by atoms with van der Waals surface area (Å²) in [7, 11) is 0. The van der Waals surface area contributed by atoms with Gasteiger partial charge in [0.15, 0.2) is 17.2 Å². The fourth-order valence-corrected chi connectivity index (χ4v) is 3.56. The SMILES string of the molecule is O=C1OC(c2cccc3c2OCO3)=NC1=CN1CCN(C(=O)Nc2ccccc2)CC1. The van der Waals surface area contributed by atoms with Crippen LogP contribution in [-0.4, -0.2) is 60.7 Å². The molecule has 1 fully saturated rings. The van der Waals surface area contributed by atoms with Gasteiger partial charge in [-0.25, -0.2) is 14.6 Å². The zero-order chi connectivity index (χ0) is 21.2. The maximum absolute atomic E-state index is 12.4. The molecule has 2 aromatic rings. The van der Waals surface area contributed by atoms with Gasteiger partial charge in [0.05, 0.1) is 5.56 Å². The molecular weight excluding hydrogens is 400 g/mol. The standard InChI is InChI=1S/C22H20N4O5/c27-21-17(24-20(31-21)16-7-4-8-18-19(16)30-14-29-18)13-25-9-11-26(12-10-25)22(28)23-15-5-2-1-3-6-15/h1-8,13H,9-12,14H2,(H,23,28). The number of urea groups is 1. The number of rotatable bonds is 3. The average Bonchev–Trinajstić information content (AvgIpc) is 3.41. The quantitative estimate of drug-likeness (QED) is 0.606. The molecule has 2 amide bonds. The van der Waals surface area contributed by atoms with E-state index in [1.807, 2.05) is 35.2 Å². The van der Waals surface area contributed by atoms with E-state index in [0.29, 0.717) is 43.2 Å². The molecule has 0 atom stereocenters. The van der Waals surface area contributed by atoms with E-state index in [2.05, 4.69) is 10.3 Å². The Labute approximate surface area is 178 Å². The van der Waals surface area contributed by atoms with Crippen molar-refractivity contribution < 1.29 is 23.8 Å². The molecule has 0 unspecified atom stereocenters. The number of fused-ring (bicyclic) bond motifs is 1. The Hall–Kier alpha value is -4.01. The highest BCUT2D eigenvalue weighted by Gasteiger charge is 2.30. The van der Waals surface area contributed by atoms with Gasteiger partial charge in [-0.3, -0.25) is 0 Å². The van der Waals surface area contributed by atoms with Crippen LogP contribution in [0.3, 0.4) is 0 Å². The molecule has 158 valence electrons. The van der Waals surface area contributed by atoms with Crippen LogP contribution < -0.4 is 14.8 Å². The zero-order valence-corrected chi connectivity index (χ0v) is 16.6. The van der Waals surface area contributed by atoms with Gasteiger partial charge in [-0.2, -0.15) is 0 Å². The molecule has 31 heavy (non-hydrogen) atoms. The van der Waals surface area contributed by atoms with Gasteiger partial charge >= 0.3 is 12.0 Å². The van der Waals surface area contributed by atoms with Gasteiger partial charge in [0.25, 0.3) is 0 Å². The molecule has 0 aromatic heterocycles. The normalized spacial score (nSPS) is 18.8. The second-order valence-corrected chi connectivity index (χ2v) is 7.18. The topological polar surface area (TPSA) is 92.7 Å². The molecule has 0 bridgehead atoms. The van der Waals surface area contributed by atoms with Crippen LogP contribution in [0.5, 0.6) is 11.5 Å². The third-order valence-corrected chi connectivity index (χ3v) is 5.18. The minimum atomic E-state index is -0.518. The second kappa shape index (κ2) is 8.02. The molecule has 1 saturated heterocycles. The number of nitrogens with one attached hydrogen (secondary N) is 1. The Morgan fingerprint density at radius 3 is 2.61 bits per heavy atom. The van der Waals surface area contributed by atoms with Crippen LogP contribution in [0.1, 0.15) is 5.56 Å². The number of benzene rings is 2. The molecule has 2 aromatic carbocycles. The van der Waals surface area contributed by atoms with Crippen LogP contribution in [-0.2, 0) is 9.53 Å². The largest absolute Gasteiger partial charge is 0.454 e. The number of nitrogens with zero attached hydrogens (tertiary/aromatic N) is 3. The number of cyclic esters (lactones) is 1. The van der Waals surface area contributed by atoms with Crippen LogP contribution >= 0.6 is 0 Å². The molecule has 9 nitrogen and oxygen atoms in total. The summed E-state index contributed by atoms with van der Waals surface area (Å²) in [5, 5.41) is 2.89. The molecule has 3 heterocycles. The number of carbonyl (C=O) groups excluding carboxylic acids is 2. The fourth-order valence-electron chi connectivity index (χ4n) is 3.56. The van der Waals surface area contributed by atoms with Crippen LogP contribution in [0.4, 0.5) is 10.5 Å². The molecule has 5 rings (SSSR count). The second-order valence-electron chi connectivity index (χ2n) is 7.18. The highest BCUT2D eigenvalue weighted by atomic mass is 16.7. The van der Waals surface area contributed by atoms with Crippen LogP contribution in [0, 0.1) is 0 Å². The highest BCUT2D eigenvalue weighted by molar-refractivity contribution is 6.12. The summed E-state index contributed by atoms with van der Waals surface area (Å²) in [5.41, 5.74) is 1.55. The maximum atomic E-state index is 12.4. The van der Waals surface area contributed by atoms with Crippen LogP contribution in [0.25, 0.3) is 0 Å². The first-order valence-electron chi connectivity index (χ1n) is 9.94. The molecule has 1 N–H and O–H groups in total. The Balaban J connectivity index is 1.23. The first-order valence-corrected chi connectivity index (χ1v) is 9.94. The monoisotopic (exact) mass is 420 g/mol. The molecule has 0 aliphatic carbocycles. The van der Waals surface area contributed by atoms with E-state index in [9.17, 15) is 9.59 Å². The number of piperazine rings is 1. The first kappa shape index (κ1) is 19.0. The molecule has 3 aliphatic heterocycles. The summed E-state index contributed by atoms with van der Waals surface area (Å²) >= 11 is 0. The third-order valence-electron chi connectivity index (χ3n) is 5.18. The molecular formula is C22H20N4O5. The predicted octanol–water partition coefficient (Wildman–Crippen LogP) is 2.41. The number of anilines is 1. The predicted molar refractivity (Wildman–Crippen MR) is 112 cm³/mol. The average molecular weight is 420 g/mol. The number of ether oxygens (including phenoxy) is 3. The first-order chi connectivity index (χ1) is 15.2. The summed E-state index contributed by atoms with van der Waals surface area (Å²) in [6.07, 6.45) is 1.68. The van der Waals surface area contributed by atoms with Crippen LogP contribution in [0.2, 0.25) is 0 Å². The Morgan fingerprint density at radius 1 is 1.00 bits per heavy atom. The number of para-hydroxylation sites is 2. The molecule has 9 heteroatoms. The summed E-state index contributed by atoms with van der Waals surface area (Å²) in [6.45, 7) is 2.36. The Morgan fingerprint density at radius 2 is 1.81 bits per heavy atom. The molecule has 0 radical (unpaired) electrons. The van der Waals surface area contributed by atoms with Gasteiger partial charge in [0.1, 0.15) is 0 Å². The minimum absolute atomic E-state index is 0.123. The fraction of sp³-hybridized carbons (Fsp3) is 0.227. The Kier molecular flexibility index (Phi) is 4.91. The van der Waals surface area contributed by atoms with E-state index < -0.39 is 5.97 Å². The van der Waals surface area contributed by atoms with Gasteiger partial charge in [-0.05, 0) is 24.3 Å². The van der Waals surface area contributed by atoms with Crippen molar-refractivity contribution >= 4 is 23.6 Å². The van der Waals surface area contributed by atoms with Crippen molar-refractivity contribution in [1.29, 1.82) is 0 Å². The van der Waals surface area contributed by atoms with E-state index in [1.165, 1.54) is 0 Å². The smallest absolute Gasteiger partial charge is 0.365 e. The summed E-state index contributed by atoms with van der Waals surface area (Å²) in [4.78, 5) is 32.8. The van der Waals surface area contributed by atoms with Gasteiger partial charge in [0.2, 0.25) is 12.7 Å². The van der Waals surface area contributed by atoms with Crippen molar-refractivity contribution in [2.75, 3.05) is 38.3 Å². The van der Waals surface area contributed by atoms with E-state index in [0.717, 1.165) is 5.69 Å². The number of hydrogen-bond acceptors (Lipinski definition) is 7. The summed E-state index contributed by atoms with van der Waals surface area (Å²) in [6, 6.07) is 14.5. The molecule has 0 saturated carbocycles. The van der Waals surface area contributed by atoms with Gasteiger partial charge in [-0.15, -0.1) is 0 Å². The third kappa shape index (κ3) is 3.89. The van der Waals surface area contributed by atoms with Gasteiger partial charge in [-0.1, -0.05) is 24.3 Å². The van der Waals surface area contributed by atoms with E-state index in [-0.39, 0.29) is 24.4 Å².